The zero-order chi connectivity index (χ0) is 13.1. The zero-order valence-corrected chi connectivity index (χ0v) is 11.0. The second kappa shape index (κ2) is 5.23. The minimum atomic E-state index is -0.0756. The summed E-state index contributed by atoms with van der Waals surface area (Å²) in [7, 11) is 1.84. The Bertz CT molecular complexity index is 577. The van der Waals surface area contributed by atoms with Gasteiger partial charge < -0.3 is 5.32 Å². The van der Waals surface area contributed by atoms with E-state index in [9.17, 15) is 4.79 Å². The molecule has 0 radical (unpaired) electrons. The predicted octanol–water partition coefficient (Wildman–Crippen LogP) is 2.56. The van der Waals surface area contributed by atoms with Gasteiger partial charge in [-0.1, -0.05) is 23.7 Å². The van der Waals surface area contributed by atoms with Crippen molar-refractivity contribution in [3.63, 3.8) is 0 Å². The number of aryl methyl sites for hydroxylation is 1. The van der Waals surface area contributed by atoms with E-state index in [2.05, 4.69) is 10.4 Å². The Balaban J connectivity index is 2.03. The van der Waals surface area contributed by atoms with Gasteiger partial charge >= 0.3 is 0 Å². The molecule has 1 N–H and O–H groups in total. The van der Waals surface area contributed by atoms with Gasteiger partial charge in [-0.2, -0.15) is 5.10 Å². The molecule has 0 atom stereocenters. The summed E-state index contributed by atoms with van der Waals surface area (Å²) in [6.45, 7) is 1.90. The Hall–Kier alpha value is -1.81. The highest BCUT2D eigenvalue weighted by Gasteiger charge is 2.08. The number of rotatable bonds is 3. The minimum Gasteiger partial charge on any atom is -0.323 e. The van der Waals surface area contributed by atoms with Crippen LogP contribution in [0, 0.1) is 6.92 Å². The lowest BCUT2D eigenvalue weighted by molar-refractivity contribution is -0.115. The number of amides is 1. The lowest BCUT2D eigenvalue weighted by atomic mass is 10.1. The fourth-order valence-corrected chi connectivity index (χ4v) is 1.86. The van der Waals surface area contributed by atoms with Crippen molar-refractivity contribution in [1.29, 1.82) is 0 Å². The molecule has 0 saturated carbocycles. The number of carbonyl (C=O) groups is 1. The van der Waals surface area contributed by atoms with Gasteiger partial charge in [0.15, 0.2) is 0 Å². The normalized spacial score (nSPS) is 10.4. The Morgan fingerprint density at radius 3 is 2.89 bits per heavy atom. The highest BCUT2D eigenvalue weighted by atomic mass is 35.5. The third-order valence-electron chi connectivity index (χ3n) is 2.76. The molecule has 18 heavy (non-hydrogen) atoms. The largest absolute Gasteiger partial charge is 0.323 e. The molecule has 1 amide bonds. The fourth-order valence-electron chi connectivity index (χ4n) is 1.65. The SMILES string of the molecule is Cc1c(NC(=O)Cc2cccc(Cl)c2)cnn1C. The number of aromatic nitrogens is 2. The van der Waals surface area contributed by atoms with Crippen molar-refractivity contribution < 1.29 is 4.79 Å². The molecular weight excluding hydrogens is 250 g/mol. The lowest BCUT2D eigenvalue weighted by Gasteiger charge is -2.05. The van der Waals surface area contributed by atoms with Gasteiger partial charge in [-0.05, 0) is 24.6 Å². The summed E-state index contributed by atoms with van der Waals surface area (Å²) in [5.41, 5.74) is 2.56. The lowest BCUT2D eigenvalue weighted by Crippen LogP contribution is -2.14. The molecule has 1 heterocycles. The van der Waals surface area contributed by atoms with E-state index >= 15 is 0 Å². The van der Waals surface area contributed by atoms with Crippen molar-refractivity contribution in [2.75, 3.05) is 5.32 Å². The quantitative estimate of drug-likeness (QED) is 0.925. The van der Waals surface area contributed by atoms with E-state index in [0.717, 1.165) is 16.9 Å². The maximum absolute atomic E-state index is 11.9. The molecule has 2 rings (SSSR count). The summed E-state index contributed by atoms with van der Waals surface area (Å²) >= 11 is 5.87. The molecule has 0 unspecified atom stereocenters. The summed E-state index contributed by atoms with van der Waals surface area (Å²) in [4.78, 5) is 11.9. The molecule has 94 valence electrons. The smallest absolute Gasteiger partial charge is 0.228 e. The molecule has 0 fully saturated rings. The Labute approximate surface area is 111 Å². The van der Waals surface area contributed by atoms with Crippen LogP contribution >= 0.6 is 11.6 Å². The first-order chi connectivity index (χ1) is 8.56. The molecular formula is C13H14ClN3O. The number of carbonyl (C=O) groups excluding carboxylic acids is 1. The van der Waals surface area contributed by atoms with E-state index in [4.69, 9.17) is 11.6 Å². The van der Waals surface area contributed by atoms with Crippen LogP contribution in [0.5, 0.6) is 0 Å². The standard InChI is InChI=1S/C13H14ClN3O/c1-9-12(8-15-17(9)2)16-13(18)7-10-4-3-5-11(14)6-10/h3-6,8H,7H2,1-2H3,(H,16,18). The van der Waals surface area contributed by atoms with Gasteiger partial charge in [0.05, 0.1) is 24.0 Å². The molecule has 0 aliphatic rings. The highest BCUT2D eigenvalue weighted by molar-refractivity contribution is 6.30. The van der Waals surface area contributed by atoms with Crippen LogP contribution < -0.4 is 5.32 Å². The van der Waals surface area contributed by atoms with Crippen LogP contribution in [0.2, 0.25) is 5.02 Å². The van der Waals surface area contributed by atoms with Crippen LogP contribution in [0.4, 0.5) is 5.69 Å². The van der Waals surface area contributed by atoms with Gasteiger partial charge in [0, 0.05) is 12.1 Å². The van der Waals surface area contributed by atoms with Gasteiger partial charge in [0.25, 0.3) is 0 Å². The zero-order valence-electron chi connectivity index (χ0n) is 10.3. The first-order valence-electron chi connectivity index (χ1n) is 5.59. The Kier molecular flexibility index (Phi) is 3.67. The molecule has 0 spiro atoms. The first-order valence-corrected chi connectivity index (χ1v) is 5.97. The Morgan fingerprint density at radius 2 is 2.28 bits per heavy atom. The third kappa shape index (κ3) is 2.90. The number of hydrogen-bond donors (Lipinski definition) is 1. The molecule has 0 saturated heterocycles. The van der Waals surface area contributed by atoms with Gasteiger partial charge in [0.1, 0.15) is 0 Å². The van der Waals surface area contributed by atoms with Crippen molar-refractivity contribution in [2.45, 2.75) is 13.3 Å². The van der Waals surface area contributed by atoms with Crippen molar-refractivity contribution in [3.8, 4) is 0 Å². The molecule has 2 aromatic rings. The fraction of sp³-hybridized carbons (Fsp3) is 0.231. The van der Waals surface area contributed by atoms with Crippen LogP contribution in [0.15, 0.2) is 30.5 Å². The number of nitrogens with one attached hydrogen (secondary N) is 1. The molecule has 0 aliphatic carbocycles. The number of nitrogens with zero attached hydrogens (tertiary/aromatic N) is 2. The predicted molar refractivity (Wildman–Crippen MR) is 71.7 cm³/mol. The van der Waals surface area contributed by atoms with Crippen LogP contribution in [-0.2, 0) is 18.3 Å². The summed E-state index contributed by atoms with van der Waals surface area (Å²) < 4.78 is 1.72. The van der Waals surface area contributed by atoms with E-state index < -0.39 is 0 Å². The Morgan fingerprint density at radius 1 is 1.50 bits per heavy atom. The second-order valence-electron chi connectivity index (χ2n) is 4.12. The summed E-state index contributed by atoms with van der Waals surface area (Å²) in [6.07, 6.45) is 1.94. The third-order valence-corrected chi connectivity index (χ3v) is 3.00. The summed E-state index contributed by atoms with van der Waals surface area (Å²) in [5, 5.41) is 7.54. The monoisotopic (exact) mass is 263 g/mol. The van der Waals surface area contributed by atoms with Crippen LogP contribution in [0.1, 0.15) is 11.3 Å². The number of halogens is 1. The molecule has 0 bridgehead atoms. The average Bonchev–Trinajstić information content (AvgIpc) is 2.61. The van der Waals surface area contributed by atoms with Crippen LogP contribution in [0.25, 0.3) is 0 Å². The summed E-state index contributed by atoms with van der Waals surface area (Å²) in [6, 6.07) is 7.29. The second-order valence-corrected chi connectivity index (χ2v) is 4.56. The van der Waals surface area contributed by atoms with E-state index in [0.29, 0.717) is 11.4 Å². The number of benzene rings is 1. The van der Waals surface area contributed by atoms with Gasteiger partial charge in [0.2, 0.25) is 5.91 Å². The molecule has 0 aliphatic heterocycles. The topological polar surface area (TPSA) is 46.9 Å². The molecule has 1 aromatic carbocycles. The molecule has 5 heteroatoms. The van der Waals surface area contributed by atoms with Crippen LogP contribution in [-0.4, -0.2) is 15.7 Å². The van der Waals surface area contributed by atoms with E-state index in [1.54, 1.807) is 23.0 Å². The van der Waals surface area contributed by atoms with Crippen molar-refractivity contribution in [1.82, 2.24) is 9.78 Å². The maximum Gasteiger partial charge on any atom is 0.228 e. The van der Waals surface area contributed by atoms with E-state index in [1.807, 2.05) is 26.1 Å². The maximum atomic E-state index is 11.9. The van der Waals surface area contributed by atoms with Gasteiger partial charge in [-0.15, -0.1) is 0 Å². The van der Waals surface area contributed by atoms with Crippen molar-refractivity contribution >= 4 is 23.2 Å². The average molecular weight is 264 g/mol. The number of anilines is 1. The molecule has 4 nitrogen and oxygen atoms in total. The first kappa shape index (κ1) is 12.6. The van der Waals surface area contributed by atoms with Gasteiger partial charge in [-0.3, -0.25) is 9.48 Å². The van der Waals surface area contributed by atoms with E-state index in [-0.39, 0.29) is 5.91 Å². The van der Waals surface area contributed by atoms with Gasteiger partial charge in [-0.25, -0.2) is 0 Å². The van der Waals surface area contributed by atoms with Crippen LogP contribution in [0.3, 0.4) is 0 Å². The molecule has 1 aromatic heterocycles. The van der Waals surface area contributed by atoms with E-state index in [1.165, 1.54) is 0 Å². The van der Waals surface area contributed by atoms with Crippen molar-refractivity contribution in [3.05, 3.63) is 46.7 Å². The summed E-state index contributed by atoms with van der Waals surface area (Å²) in [5.74, 6) is -0.0756. The number of hydrogen-bond acceptors (Lipinski definition) is 2. The highest BCUT2D eigenvalue weighted by Crippen LogP contribution is 2.14. The van der Waals surface area contributed by atoms with Crippen molar-refractivity contribution in [2.24, 2.45) is 7.05 Å². The minimum absolute atomic E-state index is 0.0756.